The summed E-state index contributed by atoms with van der Waals surface area (Å²) >= 11 is 0. The van der Waals surface area contributed by atoms with Gasteiger partial charge in [-0.1, -0.05) is 54.1 Å². The van der Waals surface area contributed by atoms with Gasteiger partial charge in [0.15, 0.2) is 11.4 Å². The molecule has 0 bridgehead atoms. The fraction of sp³-hybridized carbons (Fsp3) is 0.321. The summed E-state index contributed by atoms with van der Waals surface area (Å²) in [4.78, 5) is 29.4. The lowest BCUT2D eigenvalue weighted by Crippen LogP contribution is -2.37. The number of carbonyl (C=O) groups excluding carboxylic acids is 1. The molecule has 0 fully saturated rings. The summed E-state index contributed by atoms with van der Waals surface area (Å²) in [5.41, 5.74) is 3.50. The molecule has 0 saturated carbocycles. The first-order valence-corrected chi connectivity index (χ1v) is 11.6. The molecule has 0 atom stereocenters. The van der Waals surface area contributed by atoms with Crippen LogP contribution in [0.25, 0.3) is 6.08 Å². The van der Waals surface area contributed by atoms with Crippen molar-refractivity contribution in [2.75, 3.05) is 0 Å². The summed E-state index contributed by atoms with van der Waals surface area (Å²) in [5, 5.41) is 9.31. The van der Waals surface area contributed by atoms with Gasteiger partial charge < -0.3 is 14.4 Å². The second-order valence-electron chi connectivity index (χ2n) is 9.23. The highest BCUT2D eigenvalue weighted by Crippen LogP contribution is 2.25. The molecule has 1 aliphatic carbocycles. The maximum Gasteiger partial charge on any atom is 0.347 e. The fourth-order valence-electron chi connectivity index (χ4n) is 4.12. The van der Waals surface area contributed by atoms with Crippen molar-refractivity contribution in [3.05, 3.63) is 88.5 Å². The van der Waals surface area contributed by atoms with Crippen molar-refractivity contribution < 1.29 is 19.4 Å². The Balaban J connectivity index is 1.58. The Bertz CT molecular complexity index is 1240. The maximum atomic E-state index is 13.3. The molecule has 6 nitrogen and oxygen atoms in total. The van der Waals surface area contributed by atoms with Crippen molar-refractivity contribution in [3.8, 4) is 5.75 Å². The molecule has 1 heterocycles. The van der Waals surface area contributed by atoms with Gasteiger partial charge in [0.1, 0.15) is 5.75 Å². The van der Waals surface area contributed by atoms with E-state index in [0.717, 1.165) is 48.2 Å². The van der Waals surface area contributed by atoms with Crippen LogP contribution in [0.5, 0.6) is 5.75 Å². The molecule has 0 radical (unpaired) electrons. The van der Waals surface area contributed by atoms with Gasteiger partial charge in [-0.2, -0.15) is 0 Å². The van der Waals surface area contributed by atoms with Gasteiger partial charge in [-0.05, 0) is 64.2 Å². The molecule has 0 amide bonds. The third-order valence-corrected chi connectivity index (χ3v) is 6.09. The highest BCUT2D eigenvalue weighted by Gasteiger charge is 2.29. The van der Waals surface area contributed by atoms with Gasteiger partial charge in [0.05, 0.1) is 5.69 Å². The first-order chi connectivity index (χ1) is 16.2. The predicted octanol–water partition coefficient (Wildman–Crippen LogP) is 5.26. The van der Waals surface area contributed by atoms with Gasteiger partial charge in [-0.3, -0.25) is 4.79 Å². The molecule has 34 heavy (non-hydrogen) atoms. The van der Waals surface area contributed by atoms with Gasteiger partial charge in [0, 0.05) is 17.8 Å². The number of hydrogen-bond donors (Lipinski definition) is 1. The van der Waals surface area contributed by atoms with Gasteiger partial charge in [0.2, 0.25) is 5.78 Å². The van der Waals surface area contributed by atoms with Gasteiger partial charge >= 0.3 is 5.97 Å². The van der Waals surface area contributed by atoms with E-state index in [1.54, 1.807) is 6.07 Å². The van der Waals surface area contributed by atoms with E-state index in [4.69, 9.17) is 9.72 Å². The largest absolute Gasteiger partial charge is 0.478 e. The van der Waals surface area contributed by atoms with Crippen LogP contribution in [0.1, 0.15) is 65.4 Å². The minimum atomic E-state index is -1.32. The van der Waals surface area contributed by atoms with Crippen molar-refractivity contribution >= 4 is 17.8 Å². The van der Waals surface area contributed by atoms with Crippen molar-refractivity contribution in [1.82, 2.24) is 9.55 Å². The standard InChI is InChI=1S/C28H30N2O4/c1-19-13-15-21(16-14-19)25(31)26-29-23-11-4-5-12-24(23)30(26)17-7-9-20-8-6-10-22(18-20)34-28(2,3)27(32)33/h6-10,13-16,18H,4-5,11-12,17H2,1-3H3,(H,32,33)/b9-7+. The van der Waals surface area contributed by atoms with Crippen molar-refractivity contribution in [2.24, 2.45) is 0 Å². The SMILES string of the molecule is Cc1ccc(C(=O)c2nc3c(n2C/C=C/c2cccc(OC(C)(C)C(=O)O)c2)CCCC3)cc1. The lowest BCUT2D eigenvalue weighted by Gasteiger charge is -2.21. The summed E-state index contributed by atoms with van der Waals surface area (Å²) in [5.74, 6) is -0.108. The number of imidazole rings is 1. The minimum absolute atomic E-state index is 0.0610. The number of nitrogens with zero attached hydrogens (tertiary/aromatic N) is 2. The second kappa shape index (κ2) is 9.67. The van der Waals surface area contributed by atoms with Crippen LogP contribution in [0.3, 0.4) is 0 Å². The molecule has 1 N–H and O–H groups in total. The van der Waals surface area contributed by atoms with Crippen LogP contribution in [0.2, 0.25) is 0 Å². The van der Waals surface area contributed by atoms with Crippen LogP contribution in [-0.4, -0.2) is 32.0 Å². The molecular weight excluding hydrogens is 428 g/mol. The van der Waals surface area contributed by atoms with Crippen molar-refractivity contribution in [1.29, 1.82) is 0 Å². The molecule has 3 aromatic rings. The van der Waals surface area contributed by atoms with E-state index in [1.807, 2.05) is 66.1 Å². The van der Waals surface area contributed by atoms with Crippen LogP contribution in [0, 0.1) is 6.92 Å². The Kier molecular flexibility index (Phi) is 6.68. The Labute approximate surface area is 199 Å². The molecule has 0 aliphatic heterocycles. The summed E-state index contributed by atoms with van der Waals surface area (Å²) in [6.45, 7) is 5.57. The number of carboxylic acids is 1. The van der Waals surface area contributed by atoms with E-state index in [1.165, 1.54) is 13.8 Å². The number of carbonyl (C=O) groups is 2. The van der Waals surface area contributed by atoms with E-state index < -0.39 is 11.6 Å². The maximum absolute atomic E-state index is 13.3. The molecule has 0 unspecified atom stereocenters. The Hall–Kier alpha value is -3.67. The number of rotatable bonds is 8. The summed E-state index contributed by atoms with van der Waals surface area (Å²) in [6, 6.07) is 14.9. The molecule has 1 aromatic heterocycles. The molecule has 6 heteroatoms. The topological polar surface area (TPSA) is 81.4 Å². The number of hydrogen-bond acceptors (Lipinski definition) is 4. The number of aliphatic carboxylic acids is 1. The molecule has 4 rings (SSSR count). The summed E-state index contributed by atoms with van der Waals surface area (Å²) in [6.07, 6.45) is 7.97. The molecular formula is C28H30N2O4. The zero-order valence-electron chi connectivity index (χ0n) is 19.9. The first-order valence-electron chi connectivity index (χ1n) is 11.6. The van der Waals surface area contributed by atoms with Crippen LogP contribution in [0.4, 0.5) is 0 Å². The average molecular weight is 459 g/mol. The van der Waals surface area contributed by atoms with Gasteiger partial charge in [-0.15, -0.1) is 0 Å². The Morgan fingerprint density at radius 2 is 1.85 bits per heavy atom. The predicted molar refractivity (Wildman–Crippen MR) is 131 cm³/mol. The smallest absolute Gasteiger partial charge is 0.347 e. The third kappa shape index (κ3) is 5.11. The van der Waals surface area contributed by atoms with E-state index in [0.29, 0.717) is 23.7 Å². The van der Waals surface area contributed by atoms with Crippen LogP contribution in [0.15, 0.2) is 54.6 Å². The number of aryl methyl sites for hydroxylation is 2. The molecule has 2 aromatic carbocycles. The molecule has 176 valence electrons. The van der Waals surface area contributed by atoms with E-state index in [2.05, 4.69) is 0 Å². The fourth-order valence-corrected chi connectivity index (χ4v) is 4.12. The van der Waals surface area contributed by atoms with Crippen molar-refractivity contribution in [2.45, 2.75) is 58.6 Å². The number of allylic oxidation sites excluding steroid dienone is 1. The minimum Gasteiger partial charge on any atom is -0.478 e. The number of ketones is 1. The lowest BCUT2D eigenvalue weighted by atomic mass is 10.0. The highest BCUT2D eigenvalue weighted by atomic mass is 16.5. The first kappa shape index (κ1) is 23.5. The average Bonchev–Trinajstić information content (AvgIpc) is 3.18. The number of benzene rings is 2. The number of carboxylic acid groups (broad SMARTS) is 1. The Morgan fingerprint density at radius 3 is 2.59 bits per heavy atom. The number of fused-ring (bicyclic) bond motifs is 1. The normalized spacial score (nSPS) is 13.6. The zero-order valence-corrected chi connectivity index (χ0v) is 19.9. The third-order valence-electron chi connectivity index (χ3n) is 6.09. The molecule has 0 spiro atoms. The lowest BCUT2D eigenvalue weighted by molar-refractivity contribution is -0.152. The molecule has 1 aliphatic rings. The summed E-state index contributed by atoms with van der Waals surface area (Å²) in [7, 11) is 0. The van der Waals surface area contributed by atoms with E-state index >= 15 is 0 Å². The van der Waals surface area contributed by atoms with Gasteiger partial charge in [-0.25, -0.2) is 9.78 Å². The van der Waals surface area contributed by atoms with Crippen LogP contribution < -0.4 is 4.74 Å². The van der Waals surface area contributed by atoms with Crippen LogP contribution in [-0.2, 0) is 24.2 Å². The monoisotopic (exact) mass is 458 g/mol. The number of ether oxygens (including phenoxy) is 1. The number of aromatic nitrogens is 2. The second-order valence-corrected chi connectivity index (χ2v) is 9.23. The summed E-state index contributed by atoms with van der Waals surface area (Å²) < 4.78 is 7.69. The zero-order chi connectivity index (χ0) is 24.3. The molecule has 0 saturated heterocycles. The quantitative estimate of drug-likeness (QED) is 0.466. The van der Waals surface area contributed by atoms with E-state index in [9.17, 15) is 14.7 Å². The Morgan fingerprint density at radius 1 is 1.12 bits per heavy atom. The highest BCUT2D eigenvalue weighted by molar-refractivity contribution is 6.06. The van der Waals surface area contributed by atoms with Gasteiger partial charge in [0.25, 0.3) is 0 Å². The van der Waals surface area contributed by atoms with Crippen molar-refractivity contribution in [3.63, 3.8) is 0 Å². The van der Waals surface area contributed by atoms with E-state index in [-0.39, 0.29) is 5.78 Å². The van der Waals surface area contributed by atoms with Crippen LogP contribution >= 0.6 is 0 Å².